The summed E-state index contributed by atoms with van der Waals surface area (Å²) in [5, 5.41) is 9.24. The molecule has 0 spiro atoms. The van der Waals surface area contributed by atoms with Gasteiger partial charge in [0.2, 0.25) is 0 Å². The largest absolute Gasteiger partial charge is 0.514 e. The molecule has 8 heteroatoms. The SMILES string of the molecule is COC[C@H](C)OC(=O)/C(C#N)=C/c1ccc(OC(=O)OC(C)(C)C)c(OC)c1. The van der Waals surface area contributed by atoms with Crippen LogP contribution in [-0.4, -0.2) is 44.7 Å². The third kappa shape index (κ3) is 7.68. The summed E-state index contributed by atoms with van der Waals surface area (Å²) in [5.74, 6) is -0.387. The summed E-state index contributed by atoms with van der Waals surface area (Å²) in [5.41, 5.74) is -0.401. The van der Waals surface area contributed by atoms with Crippen molar-refractivity contribution in [3.63, 3.8) is 0 Å². The van der Waals surface area contributed by atoms with E-state index in [-0.39, 0.29) is 23.7 Å². The maximum atomic E-state index is 12.1. The van der Waals surface area contributed by atoms with Crippen LogP contribution in [0.5, 0.6) is 11.5 Å². The summed E-state index contributed by atoms with van der Waals surface area (Å²) in [6, 6.07) is 6.36. The Labute approximate surface area is 164 Å². The first-order valence-corrected chi connectivity index (χ1v) is 8.50. The van der Waals surface area contributed by atoms with Crippen LogP contribution in [0, 0.1) is 11.3 Å². The van der Waals surface area contributed by atoms with Crippen LogP contribution in [0.15, 0.2) is 23.8 Å². The van der Waals surface area contributed by atoms with Gasteiger partial charge in [-0.1, -0.05) is 6.07 Å². The molecule has 0 aliphatic rings. The van der Waals surface area contributed by atoms with Crippen molar-refractivity contribution in [3.8, 4) is 17.6 Å². The summed E-state index contributed by atoms with van der Waals surface area (Å²) in [4.78, 5) is 23.9. The van der Waals surface area contributed by atoms with Gasteiger partial charge in [0.1, 0.15) is 23.3 Å². The monoisotopic (exact) mass is 391 g/mol. The zero-order valence-electron chi connectivity index (χ0n) is 16.9. The van der Waals surface area contributed by atoms with Gasteiger partial charge in [-0.15, -0.1) is 0 Å². The molecule has 0 radical (unpaired) electrons. The molecule has 0 aliphatic heterocycles. The first-order chi connectivity index (χ1) is 13.1. The number of ether oxygens (including phenoxy) is 5. The first-order valence-electron chi connectivity index (χ1n) is 8.50. The van der Waals surface area contributed by atoms with Crippen molar-refractivity contribution in [2.75, 3.05) is 20.8 Å². The highest BCUT2D eigenvalue weighted by Crippen LogP contribution is 2.29. The van der Waals surface area contributed by atoms with Crippen molar-refractivity contribution >= 4 is 18.2 Å². The van der Waals surface area contributed by atoms with Gasteiger partial charge in [0.15, 0.2) is 11.5 Å². The highest BCUT2D eigenvalue weighted by atomic mass is 16.7. The molecule has 0 heterocycles. The minimum absolute atomic E-state index is 0.142. The topological polar surface area (TPSA) is 104 Å². The highest BCUT2D eigenvalue weighted by molar-refractivity contribution is 5.98. The van der Waals surface area contributed by atoms with E-state index >= 15 is 0 Å². The van der Waals surface area contributed by atoms with Crippen molar-refractivity contribution in [3.05, 3.63) is 29.3 Å². The fourth-order valence-electron chi connectivity index (χ4n) is 2.04. The smallest absolute Gasteiger partial charge is 0.493 e. The van der Waals surface area contributed by atoms with Gasteiger partial charge in [0, 0.05) is 7.11 Å². The first kappa shape index (κ1) is 23.0. The average Bonchev–Trinajstić information content (AvgIpc) is 2.58. The zero-order chi connectivity index (χ0) is 21.3. The van der Waals surface area contributed by atoms with Gasteiger partial charge in [-0.2, -0.15) is 5.26 Å². The molecule has 0 fully saturated rings. The molecular formula is C20H25NO7. The van der Waals surface area contributed by atoms with Crippen LogP contribution < -0.4 is 9.47 Å². The lowest BCUT2D eigenvalue weighted by Gasteiger charge is -2.19. The van der Waals surface area contributed by atoms with E-state index in [1.165, 1.54) is 32.4 Å². The van der Waals surface area contributed by atoms with E-state index in [0.29, 0.717) is 5.56 Å². The molecule has 1 aromatic carbocycles. The molecule has 0 N–H and O–H groups in total. The van der Waals surface area contributed by atoms with E-state index in [4.69, 9.17) is 23.7 Å². The molecule has 8 nitrogen and oxygen atoms in total. The van der Waals surface area contributed by atoms with Crippen LogP contribution in [0.3, 0.4) is 0 Å². The van der Waals surface area contributed by atoms with Crippen LogP contribution >= 0.6 is 0 Å². The molecule has 1 rings (SSSR count). The van der Waals surface area contributed by atoms with Crippen molar-refractivity contribution in [1.29, 1.82) is 5.26 Å². The molecular weight excluding hydrogens is 366 g/mol. The lowest BCUT2D eigenvalue weighted by Crippen LogP contribution is -2.26. The van der Waals surface area contributed by atoms with Crippen molar-refractivity contribution < 1.29 is 33.3 Å². The van der Waals surface area contributed by atoms with Gasteiger partial charge in [-0.25, -0.2) is 9.59 Å². The normalized spacial score (nSPS) is 12.5. The van der Waals surface area contributed by atoms with Gasteiger partial charge >= 0.3 is 12.1 Å². The van der Waals surface area contributed by atoms with Gasteiger partial charge in [0.05, 0.1) is 13.7 Å². The molecule has 1 atom stereocenters. The Hall–Kier alpha value is -3.05. The van der Waals surface area contributed by atoms with Crippen molar-refractivity contribution in [2.45, 2.75) is 39.4 Å². The number of esters is 1. The van der Waals surface area contributed by atoms with Crippen LogP contribution in [0.1, 0.15) is 33.3 Å². The zero-order valence-corrected chi connectivity index (χ0v) is 16.9. The van der Waals surface area contributed by atoms with E-state index in [1.807, 2.05) is 6.07 Å². The Morgan fingerprint density at radius 3 is 2.43 bits per heavy atom. The third-order valence-corrected chi connectivity index (χ3v) is 3.13. The predicted octanol–water partition coefficient (Wildman–Crippen LogP) is 3.49. The number of rotatable bonds is 7. The molecule has 0 aromatic heterocycles. The number of hydrogen-bond donors (Lipinski definition) is 0. The lowest BCUT2D eigenvalue weighted by molar-refractivity contribution is -0.145. The van der Waals surface area contributed by atoms with Gasteiger partial charge < -0.3 is 23.7 Å². The molecule has 0 aliphatic carbocycles. The summed E-state index contributed by atoms with van der Waals surface area (Å²) in [6.45, 7) is 7.03. The Morgan fingerprint density at radius 2 is 1.89 bits per heavy atom. The number of benzene rings is 1. The molecule has 1 aromatic rings. The standard InChI is InChI=1S/C20H25NO7/c1-13(12-24-5)26-18(22)15(11-21)9-14-7-8-16(17(10-14)25-6)27-19(23)28-20(2,3)4/h7-10,13H,12H2,1-6H3/b15-9+/t13-/m0/s1. The van der Waals surface area contributed by atoms with Crippen LogP contribution in [0.2, 0.25) is 0 Å². The van der Waals surface area contributed by atoms with Crippen LogP contribution in [0.4, 0.5) is 4.79 Å². The second kappa shape index (κ2) is 10.3. The molecule has 152 valence electrons. The Morgan fingerprint density at radius 1 is 1.21 bits per heavy atom. The second-order valence-electron chi connectivity index (χ2n) is 6.82. The molecule has 0 unspecified atom stereocenters. The Kier molecular flexibility index (Phi) is 8.48. The quantitative estimate of drug-likeness (QED) is 0.301. The van der Waals surface area contributed by atoms with E-state index in [9.17, 15) is 14.9 Å². The van der Waals surface area contributed by atoms with E-state index in [1.54, 1.807) is 33.8 Å². The minimum Gasteiger partial charge on any atom is -0.493 e. The van der Waals surface area contributed by atoms with Crippen molar-refractivity contribution in [1.82, 2.24) is 0 Å². The fraction of sp³-hybridized carbons (Fsp3) is 0.450. The second-order valence-corrected chi connectivity index (χ2v) is 6.82. The number of carbonyl (C=O) groups is 2. The Balaban J connectivity index is 3.00. The molecule has 0 bridgehead atoms. The lowest BCUT2D eigenvalue weighted by atomic mass is 10.1. The molecule has 0 amide bonds. The minimum atomic E-state index is -0.873. The summed E-state index contributed by atoms with van der Waals surface area (Å²) >= 11 is 0. The maximum Gasteiger partial charge on any atom is 0.514 e. The molecule has 0 saturated carbocycles. The summed E-state index contributed by atoms with van der Waals surface area (Å²) in [6.07, 6.45) is -0.0161. The number of carbonyl (C=O) groups excluding carboxylic acids is 2. The van der Waals surface area contributed by atoms with Gasteiger partial charge in [-0.05, 0) is 51.5 Å². The number of hydrogen-bond acceptors (Lipinski definition) is 8. The van der Waals surface area contributed by atoms with Gasteiger partial charge in [0.25, 0.3) is 0 Å². The predicted molar refractivity (Wildman–Crippen MR) is 101 cm³/mol. The fourth-order valence-corrected chi connectivity index (χ4v) is 2.04. The molecule has 0 saturated heterocycles. The number of nitrogens with zero attached hydrogens (tertiary/aromatic N) is 1. The van der Waals surface area contributed by atoms with E-state index in [2.05, 4.69) is 0 Å². The van der Waals surface area contributed by atoms with E-state index in [0.717, 1.165) is 0 Å². The third-order valence-electron chi connectivity index (χ3n) is 3.13. The number of methoxy groups -OCH3 is 2. The number of nitriles is 1. The maximum absolute atomic E-state index is 12.1. The average molecular weight is 391 g/mol. The molecule has 28 heavy (non-hydrogen) atoms. The highest BCUT2D eigenvalue weighted by Gasteiger charge is 2.20. The van der Waals surface area contributed by atoms with E-state index < -0.39 is 23.8 Å². The van der Waals surface area contributed by atoms with Crippen molar-refractivity contribution in [2.24, 2.45) is 0 Å². The summed E-state index contributed by atoms with van der Waals surface area (Å²) < 4.78 is 25.5. The van der Waals surface area contributed by atoms with Gasteiger partial charge in [-0.3, -0.25) is 0 Å². The van der Waals surface area contributed by atoms with Crippen LogP contribution in [-0.2, 0) is 19.0 Å². The van der Waals surface area contributed by atoms with Crippen LogP contribution in [0.25, 0.3) is 6.08 Å². The summed E-state index contributed by atoms with van der Waals surface area (Å²) in [7, 11) is 2.88. The Bertz CT molecular complexity index is 772.